The summed E-state index contributed by atoms with van der Waals surface area (Å²) < 4.78 is 6.24. The third-order valence-electron chi connectivity index (χ3n) is 4.20. The molecular weight excluding hydrogens is 399 g/mol. The number of anilines is 3. The lowest BCUT2D eigenvalue weighted by molar-refractivity contribution is 0.156. The fourth-order valence-electron chi connectivity index (χ4n) is 2.42. The van der Waals surface area contributed by atoms with E-state index < -0.39 is 10.7 Å². The Balaban J connectivity index is 1.73. The number of rotatable bonds is 8. The average molecular weight is 414 g/mol. The van der Waals surface area contributed by atoms with Crippen LogP contribution in [0.25, 0.3) is 0 Å². The predicted molar refractivity (Wildman–Crippen MR) is 119 cm³/mol. The number of hydrogen-bond acceptors (Lipinski definition) is 7. The van der Waals surface area contributed by atoms with Crippen LogP contribution in [0, 0.1) is 0 Å². The lowest BCUT2D eigenvalue weighted by atomic mass is 9.40. The molecule has 0 unspecified atom stereocenters. The van der Waals surface area contributed by atoms with E-state index in [0.717, 1.165) is 16.0 Å². The number of nitrogens with one attached hydrogen (secondary N) is 2. The summed E-state index contributed by atoms with van der Waals surface area (Å²) >= 11 is 6.19. The van der Waals surface area contributed by atoms with Crippen LogP contribution in [0.4, 0.5) is 17.5 Å². The maximum atomic E-state index is 9.72. The molecule has 3 aromatic rings. The Labute approximate surface area is 184 Å². The zero-order valence-electron chi connectivity index (χ0n) is 16.1. The number of aliphatic hydroxyl groups is 1. The van der Waals surface area contributed by atoms with Crippen molar-refractivity contribution >= 4 is 60.4 Å². The summed E-state index contributed by atoms with van der Waals surface area (Å²) in [4.78, 5) is 8.47. The van der Waals surface area contributed by atoms with Crippen LogP contribution in [-0.2, 0) is 11.9 Å². The third kappa shape index (κ3) is 4.94. The summed E-state index contributed by atoms with van der Waals surface area (Å²) in [5, 5.41) is 15.7. The maximum Gasteiger partial charge on any atom is 0.229 e. The molecule has 144 valence electrons. The highest BCUT2D eigenvalue weighted by Crippen LogP contribution is 2.24. The van der Waals surface area contributed by atoms with Crippen LogP contribution in [0.2, 0.25) is 5.02 Å². The molecule has 8 radical (unpaired) electrons. The Morgan fingerprint density at radius 1 is 1.23 bits per heavy atom. The van der Waals surface area contributed by atoms with E-state index in [9.17, 15) is 5.11 Å². The van der Waals surface area contributed by atoms with Crippen molar-refractivity contribution in [2.75, 3.05) is 17.7 Å². The lowest BCUT2D eigenvalue weighted by Crippen LogP contribution is -2.58. The summed E-state index contributed by atoms with van der Waals surface area (Å²) in [5.74, 6) is 1.41. The van der Waals surface area contributed by atoms with Gasteiger partial charge in [-0.2, -0.15) is 10.1 Å². The van der Waals surface area contributed by atoms with Crippen molar-refractivity contribution in [3.63, 3.8) is 0 Å². The normalized spacial score (nSPS) is 11.8. The Hall–Kier alpha value is -2.58. The van der Waals surface area contributed by atoms with Gasteiger partial charge in [-0.05, 0) is 28.4 Å². The van der Waals surface area contributed by atoms with Crippen LogP contribution in [0.5, 0.6) is 5.75 Å². The standard InChI is InChI=1S/C17H15B4ClN6O2/c1-30-12-4-2-3-10(5-12)6-23-14-13(22)8-24-15(27-14)26-11-7-25-28(9-11)16(18,19)17(20,21)29/h2-5,7-9,29H,6H2,1H3,(H2,23,24,26,27). The van der Waals surface area contributed by atoms with Gasteiger partial charge in [0.2, 0.25) is 5.95 Å². The molecule has 0 saturated carbocycles. The molecule has 2 aromatic heterocycles. The zero-order chi connectivity index (χ0) is 21.9. The largest absolute Gasteiger partial charge is 0.497 e. The molecule has 0 saturated heterocycles. The van der Waals surface area contributed by atoms with Crippen LogP contribution in [-0.4, -0.2) is 68.7 Å². The van der Waals surface area contributed by atoms with Gasteiger partial charge in [0, 0.05) is 12.7 Å². The van der Waals surface area contributed by atoms with Crippen LogP contribution < -0.4 is 15.4 Å². The third-order valence-corrected chi connectivity index (χ3v) is 4.47. The quantitative estimate of drug-likeness (QED) is 0.466. The van der Waals surface area contributed by atoms with Crippen LogP contribution in [0.3, 0.4) is 0 Å². The molecule has 0 spiro atoms. The first-order valence-corrected chi connectivity index (χ1v) is 9.07. The smallest absolute Gasteiger partial charge is 0.229 e. The van der Waals surface area contributed by atoms with E-state index >= 15 is 0 Å². The van der Waals surface area contributed by atoms with Gasteiger partial charge in [-0.15, -0.1) is 0 Å². The molecule has 1 aromatic carbocycles. The number of nitrogens with zero attached hydrogens (tertiary/aromatic N) is 4. The molecule has 2 heterocycles. The second-order valence-corrected chi connectivity index (χ2v) is 6.95. The SMILES string of the molecule is [B]C([B])(O)C([B])([B])n1cc(Nc2ncc(Cl)c(NCc3cccc(OC)c3)n2)cn1. The number of benzene rings is 1. The Morgan fingerprint density at radius 2 is 2.00 bits per heavy atom. The van der Waals surface area contributed by atoms with Crippen LogP contribution in [0.15, 0.2) is 42.9 Å². The molecule has 30 heavy (non-hydrogen) atoms. The van der Waals surface area contributed by atoms with E-state index in [0.29, 0.717) is 23.1 Å². The van der Waals surface area contributed by atoms with Crippen molar-refractivity contribution in [3.8, 4) is 5.75 Å². The van der Waals surface area contributed by atoms with Crippen molar-refractivity contribution in [1.29, 1.82) is 0 Å². The van der Waals surface area contributed by atoms with Gasteiger partial charge in [-0.25, -0.2) is 4.98 Å². The van der Waals surface area contributed by atoms with E-state index in [1.54, 1.807) is 7.11 Å². The Kier molecular flexibility index (Phi) is 6.38. The van der Waals surface area contributed by atoms with E-state index in [1.165, 1.54) is 18.6 Å². The Morgan fingerprint density at radius 3 is 2.70 bits per heavy atom. The summed E-state index contributed by atoms with van der Waals surface area (Å²) in [6.07, 6.45) is 4.23. The van der Waals surface area contributed by atoms with Gasteiger partial charge in [0.05, 0.1) is 40.9 Å². The summed E-state index contributed by atoms with van der Waals surface area (Å²) in [6, 6.07) is 7.59. The molecule has 13 heteroatoms. The van der Waals surface area contributed by atoms with Gasteiger partial charge in [0.1, 0.15) is 26.5 Å². The fourth-order valence-corrected chi connectivity index (χ4v) is 2.58. The Bertz CT molecular complexity index is 1030. The van der Waals surface area contributed by atoms with Crippen molar-refractivity contribution in [3.05, 3.63) is 53.4 Å². The maximum absolute atomic E-state index is 9.72. The monoisotopic (exact) mass is 414 g/mol. The van der Waals surface area contributed by atoms with E-state index in [1.807, 2.05) is 24.3 Å². The van der Waals surface area contributed by atoms with Crippen molar-refractivity contribution in [2.24, 2.45) is 0 Å². The highest BCUT2D eigenvalue weighted by atomic mass is 35.5. The molecular formula is C17H15B4ClN6O2. The van der Waals surface area contributed by atoms with Crippen LogP contribution in [0.1, 0.15) is 5.56 Å². The van der Waals surface area contributed by atoms with E-state index in [4.69, 9.17) is 47.7 Å². The molecule has 0 aliphatic heterocycles. The van der Waals surface area contributed by atoms with Gasteiger partial charge in [-0.3, -0.25) is 4.68 Å². The van der Waals surface area contributed by atoms with E-state index in [-0.39, 0.29) is 5.95 Å². The zero-order valence-corrected chi connectivity index (χ0v) is 16.8. The summed E-state index contributed by atoms with van der Waals surface area (Å²) in [7, 11) is 23.9. The minimum atomic E-state index is -2.40. The second kappa shape index (κ2) is 8.65. The molecule has 8 nitrogen and oxygen atoms in total. The number of aromatic nitrogens is 4. The molecule has 0 aliphatic carbocycles. The first-order chi connectivity index (χ1) is 14.1. The average Bonchev–Trinajstić information content (AvgIpc) is 3.17. The molecule has 3 rings (SSSR count). The predicted octanol–water partition coefficient (Wildman–Crippen LogP) is 0.621. The van der Waals surface area contributed by atoms with Crippen molar-refractivity contribution in [1.82, 2.24) is 19.7 Å². The molecule has 0 bridgehead atoms. The number of halogens is 1. The highest BCUT2D eigenvalue weighted by molar-refractivity contribution is 6.52. The summed E-state index contributed by atoms with van der Waals surface area (Å²) in [6.45, 7) is 0.472. The highest BCUT2D eigenvalue weighted by Gasteiger charge is 2.35. The van der Waals surface area contributed by atoms with Crippen molar-refractivity contribution in [2.45, 2.75) is 17.3 Å². The van der Waals surface area contributed by atoms with Gasteiger partial charge >= 0.3 is 0 Å². The van der Waals surface area contributed by atoms with Crippen LogP contribution >= 0.6 is 11.6 Å². The number of hydrogen-bond donors (Lipinski definition) is 3. The fraction of sp³-hybridized carbons (Fsp3) is 0.235. The first-order valence-electron chi connectivity index (χ1n) is 8.69. The van der Waals surface area contributed by atoms with Gasteiger partial charge in [0.25, 0.3) is 0 Å². The topological polar surface area (TPSA) is 97.1 Å². The second-order valence-electron chi connectivity index (χ2n) is 6.54. The number of ether oxygens (including phenoxy) is 1. The molecule has 0 amide bonds. The van der Waals surface area contributed by atoms with E-state index in [2.05, 4.69) is 25.7 Å². The minimum absolute atomic E-state index is 0.238. The van der Waals surface area contributed by atoms with Gasteiger partial charge in [0.15, 0.2) is 5.82 Å². The summed E-state index contributed by atoms with van der Waals surface area (Å²) in [5.41, 5.74) is 1.42. The molecule has 0 atom stereocenters. The molecule has 0 aliphatic rings. The van der Waals surface area contributed by atoms with Crippen molar-refractivity contribution < 1.29 is 9.84 Å². The van der Waals surface area contributed by atoms with Gasteiger partial charge in [-0.1, -0.05) is 23.7 Å². The lowest BCUT2D eigenvalue weighted by Gasteiger charge is -2.40. The van der Waals surface area contributed by atoms with Gasteiger partial charge < -0.3 is 20.5 Å². The first kappa shape index (κ1) is 22.1. The number of methoxy groups -OCH3 is 1. The molecule has 3 N–H and O–H groups in total. The molecule has 0 fully saturated rings. The minimum Gasteiger partial charge on any atom is -0.497 e.